The van der Waals surface area contributed by atoms with Gasteiger partial charge in [0.05, 0.1) is 15.7 Å². The van der Waals surface area contributed by atoms with E-state index in [1.165, 1.54) is 12.1 Å². The van der Waals surface area contributed by atoms with Crippen molar-refractivity contribution in [1.29, 1.82) is 0 Å². The summed E-state index contributed by atoms with van der Waals surface area (Å²) in [4.78, 5) is 14.0. The molecule has 0 saturated heterocycles. The molecule has 166 valence electrons. The molecule has 0 radical (unpaired) electrons. The lowest BCUT2D eigenvalue weighted by Gasteiger charge is -2.12. The number of nitrogens with one attached hydrogen (secondary N) is 2. The Morgan fingerprint density at radius 2 is 1.76 bits per heavy atom. The smallest absolute Gasteiger partial charge is 0.229 e. The van der Waals surface area contributed by atoms with Gasteiger partial charge in [-0.3, -0.25) is 0 Å². The Hall–Kier alpha value is -3.62. The number of halogens is 1. The first kappa shape index (κ1) is 21.2. The van der Waals surface area contributed by atoms with Crippen LogP contribution in [-0.4, -0.2) is 33.2 Å². The average Bonchev–Trinajstić information content (AvgIpc) is 3.23. The van der Waals surface area contributed by atoms with Gasteiger partial charge in [-0.2, -0.15) is 4.98 Å². The Labute approximate surface area is 194 Å². The van der Waals surface area contributed by atoms with Crippen LogP contribution in [0.5, 0.6) is 0 Å². The van der Waals surface area contributed by atoms with E-state index in [1.807, 2.05) is 37.3 Å². The van der Waals surface area contributed by atoms with Crippen LogP contribution >= 0.6 is 11.3 Å². The first-order valence-corrected chi connectivity index (χ1v) is 11.5. The van der Waals surface area contributed by atoms with E-state index in [0.29, 0.717) is 18.9 Å². The maximum absolute atomic E-state index is 13.2. The van der Waals surface area contributed by atoms with Gasteiger partial charge in [0, 0.05) is 29.8 Å². The van der Waals surface area contributed by atoms with Crippen molar-refractivity contribution in [3.8, 4) is 10.6 Å². The van der Waals surface area contributed by atoms with Gasteiger partial charge in [0.2, 0.25) is 5.95 Å². The summed E-state index contributed by atoms with van der Waals surface area (Å²) >= 11 is 1.55. The van der Waals surface area contributed by atoms with Gasteiger partial charge in [0.25, 0.3) is 0 Å². The molecule has 0 amide bonds. The summed E-state index contributed by atoms with van der Waals surface area (Å²) in [7, 11) is 0. The molecular formula is C25H22FN5OS. The van der Waals surface area contributed by atoms with E-state index in [-0.39, 0.29) is 12.4 Å². The number of aromatic nitrogens is 3. The van der Waals surface area contributed by atoms with E-state index in [0.717, 1.165) is 48.8 Å². The molecule has 2 aromatic heterocycles. The zero-order valence-corrected chi connectivity index (χ0v) is 18.8. The highest BCUT2D eigenvalue weighted by Gasteiger charge is 2.11. The van der Waals surface area contributed by atoms with Gasteiger partial charge in [-0.05, 0) is 67.9 Å². The number of aryl methyl sites for hydroxylation is 1. The van der Waals surface area contributed by atoms with E-state index in [1.54, 1.807) is 23.5 Å². The van der Waals surface area contributed by atoms with E-state index in [2.05, 4.69) is 31.7 Å². The lowest BCUT2D eigenvalue weighted by molar-refractivity contribution is 0.292. The molecule has 0 aliphatic heterocycles. The van der Waals surface area contributed by atoms with Gasteiger partial charge < -0.3 is 15.7 Å². The van der Waals surface area contributed by atoms with Crippen LogP contribution < -0.4 is 10.6 Å². The molecule has 0 fully saturated rings. The largest absolute Gasteiger partial charge is 0.396 e. The predicted octanol–water partition coefficient (Wildman–Crippen LogP) is 5.89. The molecule has 8 heteroatoms. The van der Waals surface area contributed by atoms with Gasteiger partial charge in [0.15, 0.2) is 0 Å². The molecule has 3 aromatic carbocycles. The van der Waals surface area contributed by atoms with Crippen LogP contribution in [0.3, 0.4) is 0 Å². The lowest BCUT2D eigenvalue weighted by atomic mass is 10.1. The summed E-state index contributed by atoms with van der Waals surface area (Å²) in [5.41, 5.74) is 4.58. The minimum atomic E-state index is -0.262. The molecule has 33 heavy (non-hydrogen) atoms. The highest BCUT2D eigenvalue weighted by atomic mass is 32.1. The third kappa shape index (κ3) is 4.62. The molecule has 0 bridgehead atoms. The fourth-order valence-electron chi connectivity index (χ4n) is 3.57. The molecule has 0 aliphatic carbocycles. The van der Waals surface area contributed by atoms with Crippen molar-refractivity contribution in [2.24, 2.45) is 0 Å². The molecule has 3 N–H and O–H groups in total. The summed E-state index contributed by atoms with van der Waals surface area (Å²) in [5.74, 6) is 0.958. The van der Waals surface area contributed by atoms with Crippen LogP contribution in [0.1, 0.15) is 12.0 Å². The third-order valence-corrected chi connectivity index (χ3v) is 6.28. The van der Waals surface area contributed by atoms with Crippen molar-refractivity contribution >= 4 is 49.9 Å². The van der Waals surface area contributed by atoms with E-state index >= 15 is 0 Å². The van der Waals surface area contributed by atoms with Gasteiger partial charge in [0.1, 0.15) is 16.6 Å². The van der Waals surface area contributed by atoms with Crippen molar-refractivity contribution in [3.05, 3.63) is 72.0 Å². The third-order valence-electron chi connectivity index (χ3n) is 5.21. The quantitative estimate of drug-likeness (QED) is 0.263. The number of fused-ring (bicyclic) bond motifs is 2. The number of rotatable bonds is 7. The number of nitrogens with zero attached hydrogens (tertiary/aromatic N) is 3. The van der Waals surface area contributed by atoms with Crippen LogP contribution in [0.15, 0.2) is 60.7 Å². The Kier molecular flexibility index (Phi) is 5.85. The van der Waals surface area contributed by atoms with Gasteiger partial charge in [-0.1, -0.05) is 11.6 Å². The second-order valence-electron chi connectivity index (χ2n) is 7.75. The first-order chi connectivity index (χ1) is 16.1. The summed E-state index contributed by atoms with van der Waals surface area (Å²) in [6.45, 7) is 2.78. The molecule has 2 heterocycles. The Morgan fingerprint density at radius 1 is 0.939 bits per heavy atom. The molecular weight excluding hydrogens is 437 g/mol. The number of hydrogen-bond acceptors (Lipinski definition) is 7. The maximum Gasteiger partial charge on any atom is 0.229 e. The van der Waals surface area contributed by atoms with E-state index < -0.39 is 0 Å². The number of aliphatic hydroxyl groups is 1. The summed E-state index contributed by atoms with van der Waals surface area (Å²) < 4.78 is 14.3. The number of hydrogen-bond donors (Lipinski definition) is 3. The second-order valence-corrected chi connectivity index (χ2v) is 8.78. The molecule has 6 nitrogen and oxygen atoms in total. The van der Waals surface area contributed by atoms with Crippen molar-refractivity contribution in [3.63, 3.8) is 0 Å². The van der Waals surface area contributed by atoms with Crippen LogP contribution in [0.2, 0.25) is 0 Å². The van der Waals surface area contributed by atoms with Crippen molar-refractivity contribution in [2.75, 3.05) is 23.8 Å². The molecule has 0 aliphatic rings. The summed E-state index contributed by atoms with van der Waals surface area (Å²) in [6, 6.07) is 18.3. The maximum atomic E-state index is 13.2. The number of anilines is 3. The second kappa shape index (κ2) is 9.09. The Balaban J connectivity index is 1.46. The minimum Gasteiger partial charge on any atom is -0.396 e. The molecule has 0 saturated carbocycles. The van der Waals surface area contributed by atoms with Crippen molar-refractivity contribution in [2.45, 2.75) is 13.3 Å². The van der Waals surface area contributed by atoms with Crippen LogP contribution in [0.4, 0.5) is 21.8 Å². The minimum absolute atomic E-state index is 0.120. The summed E-state index contributed by atoms with van der Waals surface area (Å²) in [6.07, 6.45) is 0.637. The standard InChI is InChI=1S/C25H22FN5OS/c1-15-3-9-20-19(13-15)23(27-11-2-12-32)31-25(30-20)28-18-8-10-21-22(14-18)33-24(29-21)16-4-6-17(26)7-5-16/h3-10,13-14,32H,2,11-12H2,1H3,(H2,27,28,30,31). The molecule has 5 aromatic rings. The Morgan fingerprint density at radius 3 is 2.58 bits per heavy atom. The van der Waals surface area contributed by atoms with Crippen molar-refractivity contribution < 1.29 is 9.50 Å². The topological polar surface area (TPSA) is 83.0 Å². The van der Waals surface area contributed by atoms with Crippen LogP contribution in [-0.2, 0) is 0 Å². The normalized spacial score (nSPS) is 11.2. The van der Waals surface area contributed by atoms with Crippen LogP contribution in [0.25, 0.3) is 31.7 Å². The predicted molar refractivity (Wildman–Crippen MR) is 133 cm³/mol. The fraction of sp³-hybridized carbons (Fsp3) is 0.160. The lowest BCUT2D eigenvalue weighted by Crippen LogP contribution is -2.08. The van der Waals surface area contributed by atoms with Crippen molar-refractivity contribution in [1.82, 2.24) is 15.0 Å². The number of thiazole rings is 1. The molecule has 0 atom stereocenters. The highest BCUT2D eigenvalue weighted by molar-refractivity contribution is 7.21. The highest BCUT2D eigenvalue weighted by Crippen LogP contribution is 2.33. The Bertz CT molecular complexity index is 1430. The van der Waals surface area contributed by atoms with Crippen LogP contribution in [0, 0.1) is 12.7 Å². The van der Waals surface area contributed by atoms with E-state index in [4.69, 9.17) is 5.11 Å². The molecule has 0 unspecified atom stereocenters. The molecule has 5 rings (SSSR count). The number of aliphatic hydroxyl groups excluding tert-OH is 1. The van der Waals surface area contributed by atoms with Gasteiger partial charge >= 0.3 is 0 Å². The SMILES string of the molecule is Cc1ccc2nc(Nc3ccc4nc(-c5ccc(F)cc5)sc4c3)nc(NCCCO)c2c1. The zero-order chi connectivity index (χ0) is 22.8. The van der Waals surface area contributed by atoms with E-state index in [9.17, 15) is 4.39 Å². The summed E-state index contributed by atoms with van der Waals surface area (Å²) in [5, 5.41) is 17.5. The first-order valence-electron chi connectivity index (χ1n) is 10.7. The monoisotopic (exact) mass is 459 g/mol. The fourth-order valence-corrected chi connectivity index (χ4v) is 4.58. The van der Waals surface area contributed by atoms with Gasteiger partial charge in [-0.15, -0.1) is 11.3 Å². The average molecular weight is 460 g/mol. The van der Waals surface area contributed by atoms with Gasteiger partial charge in [-0.25, -0.2) is 14.4 Å². The molecule has 0 spiro atoms. The number of benzene rings is 3. The zero-order valence-electron chi connectivity index (χ0n) is 18.0.